The monoisotopic (exact) mass is 561 g/mol. The van der Waals surface area contributed by atoms with Gasteiger partial charge in [-0.3, -0.25) is 9.63 Å². The minimum absolute atomic E-state index is 0.0380. The van der Waals surface area contributed by atoms with Crippen LogP contribution in [0, 0.1) is 0 Å². The van der Waals surface area contributed by atoms with E-state index in [0.29, 0.717) is 5.75 Å². The predicted octanol–water partition coefficient (Wildman–Crippen LogP) is 4.08. The average molecular weight is 562 g/mol. The first-order valence-electron chi connectivity index (χ1n) is 13.5. The number of carbonyl (C=O) groups is 2. The Kier molecular flexibility index (Phi) is 8.09. The van der Waals surface area contributed by atoms with E-state index in [1.807, 2.05) is 42.5 Å². The molecule has 3 aromatic rings. The van der Waals surface area contributed by atoms with Crippen LogP contribution in [0.4, 0.5) is 4.79 Å². The van der Waals surface area contributed by atoms with Crippen molar-refractivity contribution >= 4 is 30.8 Å². The molecule has 0 amide bonds. The molecule has 40 heavy (non-hydrogen) atoms. The molecule has 2 aliphatic heterocycles. The maximum absolute atomic E-state index is 13.0. The molecule has 0 aliphatic carbocycles. The fraction of sp³-hybridized carbons (Fsp3) is 0.355. The van der Waals surface area contributed by atoms with Crippen molar-refractivity contribution in [3.8, 4) is 5.75 Å². The molecule has 0 radical (unpaired) electrons. The smallest absolute Gasteiger partial charge is 0.457 e. The van der Waals surface area contributed by atoms with Gasteiger partial charge in [0.2, 0.25) is 0 Å². The van der Waals surface area contributed by atoms with E-state index >= 15 is 0 Å². The SMILES string of the molecule is CN1O[C@@H]2CC(=O)O[C@@H]2[C@H]1[C@@H](CO[Si](c1ccccc1)(c1ccccc1)C(C)(C)C)OC(=O)Oc1ccccc1. The molecule has 2 fully saturated rings. The number of hydrogen-bond donors (Lipinski definition) is 0. The third kappa shape index (κ3) is 5.55. The summed E-state index contributed by atoms with van der Waals surface area (Å²) >= 11 is 0. The van der Waals surface area contributed by atoms with Crippen molar-refractivity contribution in [1.82, 2.24) is 5.06 Å². The van der Waals surface area contributed by atoms with Crippen LogP contribution in [0.1, 0.15) is 27.2 Å². The summed E-state index contributed by atoms with van der Waals surface area (Å²) in [5.74, 6) is 0.0203. The molecule has 3 aromatic carbocycles. The van der Waals surface area contributed by atoms with Crippen LogP contribution < -0.4 is 15.1 Å². The summed E-state index contributed by atoms with van der Waals surface area (Å²) in [6.07, 6.45) is -2.64. The third-order valence-electron chi connectivity index (χ3n) is 7.51. The number of hydroxylamine groups is 2. The van der Waals surface area contributed by atoms with Crippen molar-refractivity contribution < 1.29 is 33.1 Å². The van der Waals surface area contributed by atoms with Gasteiger partial charge in [0.05, 0.1) is 13.0 Å². The number of hydrogen-bond acceptors (Lipinski definition) is 8. The lowest BCUT2D eigenvalue weighted by Crippen LogP contribution is -2.67. The van der Waals surface area contributed by atoms with Crippen LogP contribution in [-0.2, 0) is 23.5 Å². The molecular formula is C31H35NO7Si. The summed E-state index contributed by atoms with van der Waals surface area (Å²) in [6, 6.07) is 28.6. The van der Waals surface area contributed by atoms with Gasteiger partial charge in [0.1, 0.15) is 24.0 Å². The van der Waals surface area contributed by atoms with E-state index in [-0.39, 0.29) is 24.0 Å². The number of rotatable bonds is 8. The first kappa shape index (κ1) is 28.0. The summed E-state index contributed by atoms with van der Waals surface area (Å²) in [4.78, 5) is 31.1. The summed E-state index contributed by atoms with van der Waals surface area (Å²) in [6.45, 7) is 6.57. The van der Waals surface area contributed by atoms with Gasteiger partial charge in [-0.25, -0.2) is 4.79 Å². The summed E-state index contributed by atoms with van der Waals surface area (Å²) < 4.78 is 24.2. The Morgan fingerprint density at radius 2 is 1.50 bits per heavy atom. The zero-order valence-electron chi connectivity index (χ0n) is 23.2. The second-order valence-electron chi connectivity index (χ2n) is 11.1. The molecule has 2 aliphatic rings. The minimum atomic E-state index is -2.96. The fourth-order valence-electron chi connectivity index (χ4n) is 5.78. The van der Waals surface area contributed by atoms with Gasteiger partial charge in [-0.05, 0) is 27.5 Å². The minimum Gasteiger partial charge on any atom is -0.457 e. The Balaban J connectivity index is 1.50. The van der Waals surface area contributed by atoms with Crippen molar-refractivity contribution in [2.24, 2.45) is 0 Å². The molecule has 5 rings (SSSR count). The molecule has 4 atom stereocenters. The van der Waals surface area contributed by atoms with Crippen molar-refractivity contribution in [2.45, 2.75) is 56.6 Å². The fourth-order valence-corrected chi connectivity index (χ4v) is 10.4. The molecule has 0 aromatic heterocycles. The van der Waals surface area contributed by atoms with Gasteiger partial charge in [-0.15, -0.1) is 0 Å². The Morgan fingerprint density at radius 1 is 0.950 bits per heavy atom. The lowest BCUT2D eigenvalue weighted by Gasteiger charge is -2.44. The summed E-state index contributed by atoms with van der Waals surface area (Å²) in [5.41, 5.74) is 0. The van der Waals surface area contributed by atoms with E-state index in [9.17, 15) is 9.59 Å². The number of carbonyl (C=O) groups excluding carboxylic acids is 2. The van der Waals surface area contributed by atoms with E-state index in [2.05, 4.69) is 45.0 Å². The lowest BCUT2D eigenvalue weighted by atomic mass is 10.0. The highest BCUT2D eigenvalue weighted by molar-refractivity contribution is 6.99. The molecular weight excluding hydrogens is 526 g/mol. The quantitative estimate of drug-likeness (QED) is 0.231. The van der Waals surface area contributed by atoms with Crippen LogP contribution in [-0.4, -0.2) is 63.5 Å². The highest BCUT2D eigenvalue weighted by atomic mass is 28.4. The topological polar surface area (TPSA) is 83.5 Å². The highest BCUT2D eigenvalue weighted by Gasteiger charge is 2.56. The van der Waals surface area contributed by atoms with E-state index in [4.69, 9.17) is 23.5 Å². The van der Waals surface area contributed by atoms with E-state index in [1.54, 1.807) is 36.4 Å². The van der Waals surface area contributed by atoms with Crippen molar-refractivity contribution in [3.63, 3.8) is 0 Å². The molecule has 2 saturated heterocycles. The van der Waals surface area contributed by atoms with Gasteiger partial charge >= 0.3 is 12.1 Å². The highest BCUT2D eigenvalue weighted by Crippen LogP contribution is 2.38. The van der Waals surface area contributed by atoms with Gasteiger partial charge in [0.15, 0.2) is 6.10 Å². The zero-order chi connectivity index (χ0) is 28.3. The third-order valence-corrected chi connectivity index (χ3v) is 12.5. The molecule has 8 nitrogen and oxygen atoms in total. The molecule has 0 spiro atoms. The number of para-hydroxylation sites is 1. The van der Waals surface area contributed by atoms with Crippen molar-refractivity contribution in [2.75, 3.05) is 13.7 Å². The van der Waals surface area contributed by atoms with Crippen LogP contribution in [0.15, 0.2) is 91.0 Å². The van der Waals surface area contributed by atoms with Gasteiger partial charge in [0, 0.05) is 7.05 Å². The van der Waals surface area contributed by atoms with Gasteiger partial charge < -0.3 is 18.6 Å². The van der Waals surface area contributed by atoms with Crippen molar-refractivity contribution in [3.05, 3.63) is 91.0 Å². The van der Waals surface area contributed by atoms with Crippen LogP contribution in [0.25, 0.3) is 0 Å². The molecule has 0 N–H and O–H groups in total. The van der Waals surface area contributed by atoms with Gasteiger partial charge in [-0.1, -0.05) is 99.6 Å². The van der Waals surface area contributed by atoms with E-state index in [0.717, 1.165) is 10.4 Å². The Bertz CT molecular complexity index is 1260. The molecule has 9 heteroatoms. The number of nitrogens with zero attached hydrogens (tertiary/aromatic N) is 1. The molecule has 0 saturated carbocycles. The summed E-state index contributed by atoms with van der Waals surface area (Å²) in [5, 5.41) is 3.52. The normalized spacial score (nSPS) is 21.9. The number of benzene rings is 3. The van der Waals surface area contributed by atoms with Crippen LogP contribution in [0.2, 0.25) is 5.04 Å². The summed E-state index contributed by atoms with van der Waals surface area (Å²) in [7, 11) is -1.21. The molecule has 0 unspecified atom stereocenters. The van der Waals surface area contributed by atoms with Gasteiger partial charge in [-0.2, -0.15) is 5.06 Å². The number of ether oxygens (including phenoxy) is 3. The average Bonchev–Trinajstić information content (AvgIpc) is 3.43. The van der Waals surface area contributed by atoms with Crippen LogP contribution in [0.5, 0.6) is 5.75 Å². The predicted molar refractivity (Wildman–Crippen MR) is 152 cm³/mol. The maximum Gasteiger partial charge on any atom is 0.514 e. The largest absolute Gasteiger partial charge is 0.514 e. The Morgan fingerprint density at radius 3 is 2.05 bits per heavy atom. The van der Waals surface area contributed by atoms with Crippen molar-refractivity contribution in [1.29, 1.82) is 0 Å². The first-order chi connectivity index (χ1) is 19.2. The number of likely N-dealkylation sites (N-methyl/N-ethyl adjacent to an activating group) is 1. The number of fused-ring (bicyclic) bond motifs is 1. The second-order valence-corrected chi connectivity index (χ2v) is 15.4. The zero-order valence-corrected chi connectivity index (χ0v) is 24.2. The maximum atomic E-state index is 13.0. The molecule has 0 bridgehead atoms. The van der Waals surface area contributed by atoms with Crippen LogP contribution in [0.3, 0.4) is 0 Å². The van der Waals surface area contributed by atoms with Gasteiger partial charge in [0.25, 0.3) is 8.32 Å². The molecule has 2 heterocycles. The van der Waals surface area contributed by atoms with Crippen LogP contribution >= 0.6 is 0 Å². The Labute approximate surface area is 235 Å². The Hall–Kier alpha value is -3.50. The van der Waals surface area contributed by atoms with E-state index in [1.165, 1.54) is 0 Å². The second kappa shape index (κ2) is 11.5. The standard InChI is InChI=1S/C31H35NO7Si/c1-31(2,3)40(23-16-10-6-11-17-23,24-18-12-7-13-19-24)35-21-26(37-30(34)36-22-14-8-5-9-15-22)28-29-25(39-32(28)4)20-27(33)38-29/h5-19,25-26,28-29H,20-21H2,1-4H3/t25-,26-,28-,29+/m1/s1. The first-order valence-corrected chi connectivity index (χ1v) is 15.4. The molecule has 210 valence electrons. The number of esters is 1. The van der Waals surface area contributed by atoms with E-state index < -0.39 is 38.8 Å². The lowest BCUT2D eigenvalue weighted by molar-refractivity contribution is -0.170.